The fourth-order valence-electron chi connectivity index (χ4n) is 2.53. The minimum atomic E-state index is -0.401. The van der Waals surface area contributed by atoms with Crippen LogP contribution in [-0.4, -0.2) is 15.7 Å². The van der Waals surface area contributed by atoms with Gasteiger partial charge in [-0.1, -0.05) is 31.2 Å². The van der Waals surface area contributed by atoms with E-state index in [0.29, 0.717) is 16.5 Å². The normalized spacial score (nSPS) is 10.7. The highest BCUT2D eigenvalue weighted by molar-refractivity contribution is 5.90. The number of fused-ring (bicyclic) bond motifs is 1. The van der Waals surface area contributed by atoms with Crippen molar-refractivity contribution >= 4 is 22.4 Å². The molecule has 24 heavy (non-hydrogen) atoms. The highest BCUT2D eigenvalue weighted by Gasteiger charge is 2.10. The molecule has 6 heteroatoms. The van der Waals surface area contributed by atoms with E-state index in [1.165, 1.54) is 5.56 Å². The molecule has 0 atom stereocenters. The van der Waals surface area contributed by atoms with E-state index in [0.717, 1.165) is 11.1 Å². The van der Waals surface area contributed by atoms with E-state index in [9.17, 15) is 14.4 Å². The largest absolute Gasteiger partial charge is 0.324 e. The molecule has 1 aromatic heterocycles. The number of carbonyl (C=O) groups excluding carboxylic acids is 1. The van der Waals surface area contributed by atoms with E-state index in [2.05, 4.69) is 17.3 Å². The van der Waals surface area contributed by atoms with E-state index in [-0.39, 0.29) is 12.5 Å². The van der Waals surface area contributed by atoms with Gasteiger partial charge >= 0.3 is 0 Å². The first-order valence-electron chi connectivity index (χ1n) is 7.69. The summed E-state index contributed by atoms with van der Waals surface area (Å²) in [6, 6.07) is 14.0. The van der Waals surface area contributed by atoms with Crippen molar-refractivity contribution in [2.45, 2.75) is 19.9 Å². The highest BCUT2D eigenvalue weighted by atomic mass is 16.2. The third-order valence-electron chi connectivity index (χ3n) is 3.83. The Bertz CT molecular complexity index is 1000. The summed E-state index contributed by atoms with van der Waals surface area (Å²) >= 11 is 0. The fourth-order valence-corrected chi connectivity index (χ4v) is 2.53. The van der Waals surface area contributed by atoms with Crippen molar-refractivity contribution in [3.05, 3.63) is 74.8 Å². The Kier molecular flexibility index (Phi) is 4.29. The Balaban J connectivity index is 1.84. The first-order valence-corrected chi connectivity index (χ1v) is 7.69. The molecule has 0 aliphatic carbocycles. The van der Waals surface area contributed by atoms with Gasteiger partial charge in [0.1, 0.15) is 6.54 Å². The Morgan fingerprint density at radius 3 is 2.38 bits per heavy atom. The molecule has 0 unspecified atom stereocenters. The summed E-state index contributed by atoms with van der Waals surface area (Å²) in [5.41, 5.74) is 1.02. The number of benzene rings is 2. The molecule has 3 rings (SSSR count). The molecule has 2 N–H and O–H groups in total. The maximum absolute atomic E-state index is 12.4. The Morgan fingerprint density at radius 1 is 1.04 bits per heavy atom. The zero-order chi connectivity index (χ0) is 17.1. The monoisotopic (exact) mass is 323 g/mol. The summed E-state index contributed by atoms with van der Waals surface area (Å²) < 4.78 is 1.03. The Labute approximate surface area is 137 Å². The molecule has 2 aromatic carbocycles. The van der Waals surface area contributed by atoms with Crippen molar-refractivity contribution in [2.75, 3.05) is 5.32 Å². The van der Waals surface area contributed by atoms with Gasteiger partial charge in [0.05, 0.1) is 10.8 Å². The minimum absolute atomic E-state index is 0.256. The van der Waals surface area contributed by atoms with Gasteiger partial charge in [0.15, 0.2) is 0 Å². The molecule has 0 aliphatic heterocycles. The van der Waals surface area contributed by atoms with Crippen LogP contribution in [0.25, 0.3) is 10.8 Å². The molecule has 1 heterocycles. The van der Waals surface area contributed by atoms with Gasteiger partial charge in [0.2, 0.25) is 5.91 Å². The fraction of sp³-hybridized carbons (Fsp3) is 0.167. The first-order chi connectivity index (χ1) is 11.6. The van der Waals surface area contributed by atoms with Gasteiger partial charge in [0, 0.05) is 5.69 Å². The number of nitrogens with zero attached hydrogens (tertiary/aromatic N) is 1. The molecule has 0 saturated heterocycles. The summed E-state index contributed by atoms with van der Waals surface area (Å²) in [5.74, 6) is -0.382. The van der Waals surface area contributed by atoms with E-state index >= 15 is 0 Å². The third-order valence-corrected chi connectivity index (χ3v) is 3.83. The number of aryl methyl sites for hydroxylation is 1. The number of rotatable bonds is 4. The first kappa shape index (κ1) is 15.7. The van der Waals surface area contributed by atoms with Crippen LogP contribution in [0.15, 0.2) is 58.1 Å². The lowest BCUT2D eigenvalue weighted by molar-refractivity contribution is -0.117. The number of H-pyrrole nitrogens is 1. The second-order valence-electron chi connectivity index (χ2n) is 5.48. The molecule has 6 nitrogen and oxygen atoms in total. The minimum Gasteiger partial charge on any atom is -0.324 e. The standard InChI is InChI=1S/C18H17N3O3/c1-2-12-7-9-13(10-8-12)19-16(22)11-21-18(24)15-6-4-3-5-14(15)17(23)20-21/h3-10H,2,11H2,1H3,(H,19,22)(H,20,23). The van der Waals surface area contributed by atoms with Crippen LogP contribution in [0, 0.1) is 0 Å². The lowest BCUT2D eigenvalue weighted by Crippen LogP contribution is -2.34. The van der Waals surface area contributed by atoms with Gasteiger partial charge < -0.3 is 5.32 Å². The molecule has 1 amide bonds. The van der Waals surface area contributed by atoms with Crippen molar-refractivity contribution < 1.29 is 4.79 Å². The quantitative estimate of drug-likeness (QED) is 0.769. The molecule has 0 saturated carbocycles. The zero-order valence-electron chi connectivity index (χ0n) is 13.2. The topological polar surface area (TPSA) is 84.0 Å². The van der Waals surface area contributed by atoms with Crippen molar-refractivity contribution in [2.24, 2.45) is 0 Å². The molecule has 3 aromatic rings. The molecule has 0 fully saturated rings. The lowest BCUT2D eigenvalue weighted by Gasteiger charge is -2.08. The second kappa shape index (κ2) is 6.54. The summed E-state index contributed by atoms with van der Waals surface area (Å²) in [7, 11) is 0. The summed E-state index contributed by atoms with van der Waals surface area (Å²) in [6.45, 7) is 1.80. The Hall–Kier alpha value is -3.15. The highest BCUT2D eigenvalue weighted by Crippen LogP contribution is 2.10. The summed E-state index contributed by atoms with van der Waals surface area (Å²) in [4.78, 5) is 36.5. The van der Waals surface area contributed by atoms with Gasteiger partial charge in [-0.15, -0.1) is 0 Å². The number of anilines is 1. The molecule has 122 valence electrons. The predicted molar refractivity (Wildman–Crippen MR) is 93.3 cm³/mol. The zero-order valence-corrected chi connectivity index (χ0v) is 13.2. The van der Waals surface area contributed by atoms with Crippen molar-refractivity contribution in [3.8, 4) is 0 Å². The number of nitrogens with one attached hydrogen (secondary N) is 2. The molecular weight excluding hydrogens is 306 g/mol. The number of aromatic nitrogens is 2. The molecule has 0 aliphatic rings. The van der Waals surface area contributed by atoms with Crippen LogP contribution >= 0.6 is 0 Å². The average Bonchev–Trinajstić information content (AvgIpc) is 2.60. The third kappa shape index (κ3) is 3.12. The van der Waals surface area contributed by atoms with Gasteiger partial charge in [-0.05, 0) is 36.2 Å². The molecular formula is C18H17N3O3. The van der Waals surface area contributed by atoms with Crippen molar-refractivity contribution in [1.29, 1.82) is 0 Å². The van der Waals surface area contributed by atoms with Crippen LogP contribution in [0.2, 0.25) is 0 Å². The predicted octanol–water partition coefficient (Wildman–Crippen LogP) is 1.89. The summed E-state index contributed by atoms with van der Waals surface area (Å²) in [5, 5.41) is 5.76. The second-order valence-corrected chi connectivity index (χ2v) is 5.48. The molecule has 0 spiro atoms. The smallest absolute Gasteiger partial charge is 0.273 e. The van der Waals surface area contributed by atoms with Crippen LogP contribution < -0.4 is 16.4 Å². The van der Waals surface area contributed by atoms with E-state index in [1.54, 1.807) is 24.3 Å². The van der Waals surface area contributed by atoms with Crippen LogP contribution in [0.3, 0.4) is 0 Å². The van der Waals surface area contributed by atoms with Crippen LogP contribution in [0.5, 0.6) is 0 Å². The maximum Gasteiger partial charge on any atom is 0.273 e. The number of hydrogen-bond acceptors (Lipinski definition) is 3. The van der Waals surface area contributed by atoms with Gasteiger partial charge in [-0.3, -0.25) is 19.5 Å². The Morgan fingerprint density at radius 2 is 1.71 bits per heavy atom. The van der Waals surface area contributed by atoms with Crippen molar-refractivity contribution in [3.63, 3.8) is 0 Å². The van der Waals surface area contributed by atoms with E-state index in [4.69, 9.17) is 0 Å². The average molecular weight is 323 g/mol. The number of amides is 1. The van der Waals surface area contributed by atoms with Crippen molar-refractivity contribution in [1.82, 2.24) is 9.78 Å². The molecule has 0 radical (unpaired) electrons. The SMILES string of the molecule is CCc1ccc(NC(=O)Cn2[nH]c(=O)c3ccccc3c2=O)cc1. The van der Waals surface area contributed by atoms with Gasteiger partial charge in [0.25, 0.3) is 11.1 Å². The van der Waals surface area contributed by atoms with E-state index in [1.807, 2.05) is 24.3 Å². The van der Waals surface area contributed by atoms with Crippen LogP contribution in [0.1, 0.15) is 12.5 Å². The number of carbonyl (C=O) groups is 1. The number of hydrogen-bond donors (Lipinski definition) is 2. The van der Waals surface area contributed by atoms with Gasteiger partial charge in [-0.25, -0.2) is 4.68 Å². The number of aromatic amines is 1. The molecule has 0 bridgehead atoms. The lowest BCUT2D eigenvalue weighted by atomic mass is 10.1. The summed E-state index contributed by atoms with van der Waals surface area (Å²) in [6.07, 6.45) is 0.919. The van der Waals surface area contributed by atoms with Crippen LogP contribution in [0.4, 0.5) is 5.69 Å². The van der Waals surface area contributed by atoms with Crippen LogP contribution in [-0.2, 0) is 17.8 Å². The van der Waals surface area contributed by atoms with E-state index < -0.39 is 11.1 Å². The maximum atomic E-state index is 12.4. The van der Waals surface area contributed by atoms with Gasteiger partial charge in [-0.2, -0.15) is 0 Å².